The molecular weight excluding hydrogens is 266 g/mol. The predicted octanol–water partition coefficient (Wildman–Crippen LogP) is 0.986. The summed E-state index contributed by atoms with van der Waals surface area (Å²) in [5.41, 5.74) is 0. The molecule has 3 rings (SSSR count). The molecule has 3 saturated heterocycles. The number of amides is 2. The molecule has 1 N–H and O–H groups in total. The largest absolute Gasteiger partial charge is 0.339 e. The van der Waals surface area contributed by atoms with Gasteiger partial charge < -0.3 is 15.1 Å². The number of carbonyl (C=O) groups excluding carboxylic acids is 2. The minimum atomic E-state index is -0.267. The van der Waals surface area contributed by atoms with Crippen LogP contribution in [-0.2, 0) is 9.59 Å². The number of rotatable bonds is 3. The van der Waals surface area contributed by atoms with Gasteiger partial charge in [0.15, 0.2) is 0 Å². The number of hydrogen-bond acceptors (Lipinski definition) is 3. The monoisotopic (exact) mass is 293 g/mol. The number of hydrogen-bond donors (Lipinski definition) is 1. The second-order valence-corrected chi connectivity index (χ2v) is 7.09. The van der Waals surface area contributed by atoms with E-state index in [1.807, 2.05) is 9.80 Å². The van der Waals surface area contributed by atoms with Gasteiger partial charge in [-0.1, -0.05) is 13.8 Å². The van der Waals surface area contributed by atoms with Crippen molar-refractivity contribution >= 4 is 11.8 Å². The number of nitrogens with one attached hydrogen (secondary N) is 1. The molecule has 0 radical (unpaired) electrons. The smallest absolute Gasteiger partial charge is 0.245 e. The summed E-state index contributed by atoms with van der Waals surface area (Å²) in [4.78, 5) is 28.9. The van der Waals surface area contributed by atoms with Crippen molar-refractivity contribution < 1.29 is 9.59 Å². The standard InChI is InChI=1S/C16H27N3O2/c1-11(2)15(19-8-3-4-14(19)20)16(21)18-9-7-12-5-6-13(10-18)17-12/h11-13,15,17H,3-10H2,1-2H3. The van der Waals surface area contributed by atoms with E-state index in [0.717, 1.165) is 32.5 Å². The van der Waals surface area contributed by atoms with Gasteiger partial charge in [-0.3, -0.25) is 9.59 Å². The fourth-order valence-electron chi connectivity index (χ4n) is 4.07. The molecular formula is C16H27N3O2. The van der Waals surface area contributed by atoms with E-state index in [2.05, 4.69) is 19.2 Å². The lowest BCUT2D eigenvalue weighted by molar-refractivity contribution is -0.145. The number of nitrogens with zero attached hydrogens (tertiary/aromatic N) is 2. The zero-order valence-electron chi connectivity index (χ0n) is 13.2. The molecule has 0 aromatic carbocycles. The van der Waals surface area contributed by atoms with Gasteiger partial charge in [0.1, 0.15) is 6.04 Å². The molecule has 3 aliphatic heterocycles. The second-order valence-electron chi connectivity index (χ2n) is 7.09. The molecule has 0 aromatic rings. The Balaban J connectivity index is 1.73. The Labute approximate surface area is 127 Å². The van der Waals surface area contributed by atoms with Gasteiger partial charge in [0.05, 0.1) is 0 Å². The molecule has 0 aromatic heterocycles. The zero-order valence-corrected chi connectivity index (χ0v) is 13.2. The van der Waals surface area contributed by atoms with E-state index in [1.54, 1.807) is 0 Å². The van der Waals surface area contributed by atoms with Gasteiger partial charge in [-0.2, -0.15) is 0 Å². The van der Waals surface area contributed by atoms with Crippen LogP contribution >= 0.6 is 0 Å². The SMILES string of the molecule is CC(C)C(C(=O)N1CCC2CCC(C1)N2)N1CCCC1=O. The van der Waals surface area contributed by atoms with Crippen LogP contribution in [0.3, 0.4) is 0 Å². The summed E-state index contributed by atoms with van der Waals surface area (Å²) in [6.07, 6.45) is 4.94. The molecule has 3 heterocycles. The predicted molar refractivity (Wildman–Crippen MR) is 80.7 cm³/mol. The Morgan fingerprint density at radius 1 is 1.19 bits per heavy atom. The van der Waals surface area contributed by atoms with Crippen LogP contribution in [0.4, 0.5) is 0 Å². The summed E-state index contributed by atoms with van der Waals surface area (Å²) in [5, 5.41) is 3.61. The molecule has 118 valence electrons. The van der Waals surface area contributed by atoms with Crippen molar-refractivity contribution in [2.75, 3.05) is 19.6 Å². The average molecular weight is 293 g/mol. The maximum absolute atomic E-state index is 13.0. The van der Waals surface area contributed by atoms with Gasteiger partial charge in [0.25, 0.3) is 0 Å². The molecule has 3 atom stereocenters. The summed E-state index contributed by atoms with van der Waals surface area (Å²) in [5.74, 6) is 0.485. The first-order chi connectivity index (χ1) is 10.1. The Bertz CT molecular complexity index is 424. The molecule has 21 heavy (non-hydrogen) atoms. The maximum Gasteiger partial charge on any atom is 0.245 e. The first kappa shape index (κ1) is 14.8. The highest BCUT2D eigenvalue weighted by Gasteiger charge is 2.39. The van der Waals surface area contributed by atoms with Crippen LogP contribution in [-0.4, -0.2) is 59.4 Å². The van der Waals surface area contributed by atoms with Crippen LogP contribution < -0.4 is 5.32 Å². The molecule has 5 nitrogen and oxygen atoms in total. The molecule has 0 spiro atoms. The third kappa shape index (κ3) is 2.93. The van der Waals surface area contributed by atoms with Crippen molar-refractivity contribution in [1.82, 2.24) is 15.1 Å². The third-order valence-corrected chi connectivity index (χ3v) is 5.17. The van der Waals surface area contributed by atoms with E-state index in [4.69, 9.17) is 0 Å². The lowest BCUT2D eigenvalue weighted by atomic mass is 10.00. The molecule has 3 unspecified atom stereocenters. The third-order valence-electron chi connectivity index (χ3n) is 5.17. The average Bonchev–Trinajstić information content (AvgIpc) is 2.96. The van der Waals surface area contributed by atoms with Crippen molar-refractivity contribution in [2.24, 2.45) is 5.92 Å². The van der Waals surface area contributed by atoms with Gasteiger partial charge in [-0.25, -0.2) is 0 Å². The lowest BCUT2D eigenvalue weighted by Gasteiger charge is -2.35. The molecule has 3 aliphatic rings. The van der Waals surface area contributed by atoms with E-state index in [-0.39, 0.29) is 23.8 Å². The van der Waals surface area contributed by atoms with Crippen LogP contribution in [0.2, 0.25) is 0 Å². The van der Waals surface area contributed by atoms with E-state index in [1.165, 1.54) is 12.8 Å². The Hall–Kier alpha value is -1.10. The van der Waals surface area contributed by atoms with E-state index in [9.17, 15) is 9.59 Å². The van der Waals surface area contributed by atoms with Crippen molar-refractivity contribution in [3.05, 3.63) is 0 Å². The lowest BCUT2D eigenvalue weighted by Crippen LogP contribution is -2.53. The van der Waals surface area contributed by atoms with Crippen molar-refractivity contribution in [3.8, 4) is 0 Å². The Kier molecular flexibility index (Phi) is 4.20. The first-order valence-corrected chi connectivity index (χ1v) is 8.40. The van der Waals surface area contributed by atoms with Crippen LogP contribution in [0, 0.1) is 5.92 Å². The van der Waals surface area contributed by atoms with Crippen LogP contribution in [0.25, 0.3) is 0 Å². The van der Waals surface area contributed by atoms with Gasteiger partial charge in [0, 0.05) is 38.1 Å². The number of fused-ring (bicyclic) bond motifs is 2. The Morgan fingerprint density at radius 3 is 2.62 bits per heavy atom. The summed E-state index contributed by atoms with van der Waals surface area (Å²) < 4.78 is 0. The first-order valence-electron chi connectivity index (χ1n) is 8.40. The highest BCUT2D eigenvalue weighted by Crippen LogP contribution is 2.25. The van der Waals surface area contributed by atoms with Crippen LogP contribution in [0.1, 0.15) is 46.0 Å². The summed E-state index contributed by atoms with van der Waals surface area (Å²) in [6.45, 7) is 6.48. The summed E-state index contributed by atoms with van der Waals surface area (Å²) >= 11 is 0. The minimum absolute atomic E-state index is 0.150. The quantitative estimate of drug-likeness (QED) is 0.844. The Morgan fingerprint density at radius 2 is 1.95 bits per heavy atom. The molecule has 0 saturated carbocycles. The second kappa shape index (κ2) is 5.95. The highest BCUT2D eigenvalue weighted by atomic mass is 16.2. The van der Waals surface area contributed by atoms with Crippen LogP contribution in [0.5, 0.6) is 0 Å². The van der Waals surface area contributed by atoms with Crippen molar-refractivity contribution in [3.63, 3.8) is 0 Å². The number of likely N-dealkylation sites (tertiary alicyclic amines) is 2. The van der Waals surface area contributed by atoms with Gasteiger partial charge in [-0.15, -0.1) is 0 Å². The van der Waals surface area contributed by atoms with E-state index >= 15 is 0 Å². The van der Waals surface area contributed by atoms with E-state index < -0.39 is 0 Å². The molecule has 3 fully saturated rings. The van der Waals surface area contributed by atoms with E-state index in [0.29, 0.717) is 18.5 Å². The summed E-state index contributed by atoms with van der Waals surface area (Å²) in [6, 6.07) is 0.763. The maximum atomic E-state index is 13.0. The fourth-order valence-corrected chi connectivity index (χ4v) is 4.07. The zero-order chi connectivity index (χ0) is 15.0. The molecule has 2 amide bonds. The number of carbonyl (C=O) groups is 2. The normalized spacial score (nSPS) is 30.9. The fraction of sp³-hybridized carbons (Fsp3) is 0.875. The minimum Gasteiger partial charge on any atom is -0.339 e. The molecule has 5 heteroatoms. The summed E-state index contributed by atoms with van der Waals surface area (Å²) in [7, 11) is 0. The van der Waals surface area contributed by atoms with Crippen molar-refractivity contribution in [1.29, 1.82) is 0 Å². The van der Waals surface area contributed by atoms with Gasteiger partial charge in [-0.05, 0) is 31.6 Å². The topological polar surface area (TPSA) is 52.7 Å². The van der Waals surface area contributed by atoms with Crippen molar-refractivity contribution in [2.45, 2.75) is 64.1 Å². The molecule has 0 aliphatic carbocycles. The highest BCUT2D eigenvalue weighted by molar-refractivity contribution is 5.89. The van der Waals surface area contributed by atoms with Gasteiger partial charge >= 0.3 is 0 Å². The molecule has 2 bridgehead atoms. The van der Waals surface area contributed by atoms with Crippen LogP contribution in [0.15, 0.2) is 0 Å². The van der Waals surface area contributed by atoms with Gasteiger partial charge in [0.2, 0.25) is 11.8 Å².